The van der Waals surface area contributed by atoms with Gasteiger partial charge in [-0.2, -0.15) is 0 Å². The average molecular weight is 309 g/mol. The highest BCUT2D eigenvalue weighted by Crippen LogP contribution is 2.46. The van der Waals surface area contributed by atoms with Gasteiger partial charge in [-0.15, -0.1) is 0 Å². The summed E-state index contributed by atoms with van der Waals surface area (Å²) in [5, 5.41) is 0. The highest BCUT2D eigenvalue weighted by molar-refractivity contribution is 5.36. The molecule has 0 aromatic heterocycles. The molecule has 1 aromatic rings. The molecule has 23 heavy (non-hydrogen) atoms. The van der Waals surface area contributed by atoms with Crippen LogP contribution in [0.4, 0.5) is 0 Å². The van der Waals surface area contributed by atoms with Crippen LogP contribution >= 0.6 is 0 Å². The van der Waals surface area contributed by atoms with Gasteiger partial charge in [0.15, 0.2) is 0 Å². The number of nitrogens with zero attached hydrogens (tertiary/aromatic N) is 1. The van der Waals surface area contributed by atoms with Crippen LogP contribution in [0.25, 0.3) is 0 Å². The van der Waals surface area contributed by atoms with Crippen molar-refractivity contribution in [3.8, 4) is 0 Å². The van der Waals surface area contributed by atoms with Gasteiger partial charge in [0.05, 0.1) is 0 Å². The van der Waals surface area contributed by atoms with E-state index in [0.717, 1.165) is 19.4 Å². The molecule has 124 valence electrons. The molecule has 0 amide bonds. The first-order valence-electron chi connectivity index (χ1n) is 8.68. The molecule has 0 bridgehead atoms. The number of benzene rings is 1. The number of rotatable bonds is 5. The normalized spacial score (nSPS) is 24.4. The second kappa shape index (κ2) is 6.78. The molecule has 0 N–H and O–H groups in total. The summed E-state index contributed by atoms with van der Waals surface area (Å²) in [5.41, 5.74) is 4.22. The highest BCUT2D eigenvalue weighted by Gasteiger charge is 2.46. The van der Waals surface area contributed by atoms with Gasteiger partial charge in [0.25, 0.3) is 0 Å². The van der Waals surface area contributed by atoms with Crippen molar-refractivity contribution in [2.45, 2.75) is 58.4 Å². The molecule has 1 atom stereocenters. The molecule has 1 aliphatic heterocycles. The van der Waals surface area contributed by atoms with Crippen LogP contribution in [0, 0.1) is 0 Å². The van der Waals surface area contributed by atoms with Gasteiger partial charge in [-0.05, 0) is 44.7 Å². The molecule has 2 rings (SSSR count). The number of likely N-dealkylation sites (tertiary alicyclic amines) is 1. The Hall–Kier alpha value is -1.76. The van der Waals surface area contributed by atoms with Crippen molar-refractivity contribution in [2.24, 2.45) is 0 Å². The minimum Gasteiger partial charge on any atom is -0.366 e. The second-order valence-corrected chi connectivity index (χ2v) is 7.52. The molecule has 0 aliphatic carbocycles. The molecular weight excluding hydrogens is 278 g/mol. The minimum atomic E-state index is 0.117. The largest absolute Gasteiger partial charge is 0.366 e. The van der Waals surface area contributed by atoms with Gasteiger partial charge in [0, 0.05) is 23.2 Å². The standard InChI is InChI=1S/C22H31N/c1-7-9-13-19(8-2)18(3)23-17-22(6,16-21(23,4)5)20-14-11-10-12-15-20/h7,9-15H,3,8,16-17H2,1-2,4-6H3/b9-7-,19-13-/t22-/m0/s1. The molecule has 1 nitrogen and oxygen atoms in total. The van der Waals surface area contributed by atoms with E-state index in [-0.39, 0.29) is 11.0 Å². The van der Waals surface area contributed by atoms with Crippen LogP contribution < -0.4 is 0 Å². The Morgan fingerprint density at radius 3 is 2.43 bits per heavy atom. The summed E-state index contributed by atoms with van der Waals surface area (Å²) in [4.78, 5) is 2.51. The van der Waals surface area contributed by atoms with Crippen molar-refractivity contribution in [3.63, 3.8) is 0 Å². The number of hydrogen-bond donors (Lipinski definition) is 0. The molecule has 1 fully saturated rings. The van der Waals surface area contributed by atoms with Crippen molar-refractivity contribution < 1.29 is 0 Å². The maximum absolute atomic E-state index is 4.44. The summed E-state index contributed by atoms with van der Waals surface area (Å²) >= 11 is 0. The average Bonchev–Trinajstić information content (AvgIpc) is 2.79. The Labute approximate surface area is 142 Å². The quantitative estimate of drug-likeness (QED) is 0.616. The van der Waals surface area contributed by atoms with Crippen molar-refractivity contribution in [3.05, 3.63) is 72.0 Å². The topological polar surface area (TPSA) is 3.24 Å². The van der Waals surface area contributed by atoms with E-state index >= 15 is 0 Å². The summed E-state index contributed by atoms with van der Waals surface area (Å²) in [6.07, 6.45) is 8.55. The van der Waals surface area contributed by atoms with Crippen LogP contribution in [0.1, 0.15) is 53.0 Å². The van der Waals surface area contributed by atoms with Crippen LogP contribution in [0.5, 0.6) is 0 Å². The fraction of sp³-hybridized carbons (Fsp3) is 0.455. The van der Waals surface area contributed by atoms with Gasteiger partial charge in [-0.1, -0.05) is 69.0 Å². The minimum absolute atomic E-state index is 0.117. The highest BCUT2D eigenvalue weighted by atomic mass is 15.2. The second-order valence-electron chi connectivity index (χ2n) is 7.52. The summed E-state index contributed by atoms with van der Waals surface area (Å²) in [6, 6.07) is 10.9. The lowest BCUT2D eigenvalue weighted by Gasteiger charge is -2.36. The first-order chi connectivity index (χ1) is 10.8. The Morgan fingerprint density at radius 2 is 1.87 bits per heavy atom. The van der Waals surface area contributed by atoms with Gasteiger partial charge in [-0.3, -0.25) is 0 Å². The lowest BCUT2D eigenvalue weighted by molar-refractivity contribution is 0.231. The summed E-state index contributed by atoms with van der Waals surface area (Å²) in [5.74, 6) is 0. The molecule has 0 unspecified atom stereocenters. The third-order valence-electron chi connectivity index (χ3n) is 5.10. The number of hydrogen-bond acceptors (Lipinski definition) is 1. The first-order valence-corrected chi connectivity index (χ1v) is 8.68. The monoisotopic (exact) mass is 309 g/mol. The molecule has 0 spiro atoms. The zero-order valence-corrected chi connectivity index (χ0v) is 15.4. The molecular formula is C22H31N. The van der Waals surface area contributed by atoms with Crippen LogP contribution in [0.3, 0.4) is 0 Å². The van der Waals surface area contributed by atoms with Crippen LogP contribution in [0.2, 0.25) is 0 Å². The van der Waals surface area contributed by atoms with E-state index in [1.54, 1.807) is 0 Å². The van der Waals surface area contributed by atoms with E-state index < -0.39 is 0 Å². The van der Waals surface area contributed by atoms with E-state index in [9.17, 15) is 0 Å². The summed E-state index contributed by atoms with van der Waals surface area (Å²) in [7, 11) is 0. The van der Waals surface area contributed by atoms with Gasteiger partial charge >= 0.3 is 0 Å². The van der Waals surface area contributed by atoms with E-state index in [2.05, 4.69) is 94.7 Å². The van der Waals surface area contributed by atoms with Crippen molar-refractivity contribution >= 4 is 0 Å². The van der Waals surface area contributed by atoms with E-state index in [1.807, 2.05) is 0 Å². The molecule has 0 radical (unpaired) electrons. The van der Waals surface area contributed by atoms with Gasteiger partial charge < -0.3 is 4.90 Å². The molecule has 0 saturated carbocycles. The SMILES string of the molecule is C=C(/C(=C\C=C/C)CC)N1C[C@@](C)(c2ccccc2)CC1(C)C. The Balaban J connectivity index is 2.32. The van der Waals surface area contributed by atoms with Crippen molar-refractivity contribution in [2.75, 3.05) is 6.54 Å². The third-order valence-corrected chi connectivity index (χ3v) is 5.10. The lowest BCUT2D eigenvalue weighted by atomic mass is 9.78. The predicted octanol–water partition coefficient (Wildman–Crippen LogP) is 5.85. The van der Waals surface area contributed by atoms with Crippen LogP contribution in [-0.4, -0.2) is 17.0 Å². The van der Waals surface area contributed by atoms with E-state index in [4.69, 9.17) is 0 Å². The van der Waals surface area contributed by atoms with Crippen LogP contribution in [0.15, 0.2) is 66.4 Å². The molecule has 1 aromatic carbocycles. The third kappa shape index (κ3) is 3.60. The molecule has 1 heterocycles. The van der Waals surface area contributed by atoms with Gasteiger partial charge in [0.1, 0.15) is 0 Å². The lowest BCUT2D eigenvalue weighted by Crippen LogP contribution is -2.37. The van der Waals surface area contributed by atoms with Gasteiger partial charge in [0.2, 0.25) is 0 Å². The zero-order chi connectivity index (χ0) is 17.1. The fourth-order valence-corrected chi connectivity index (χ4v) is 3.97. The number of allylic oxidation sites excluding steroid dienone is 4. The van der Waals surface area contributed by atoms with Crippen molar-refractivity contribution in [1.29, 1.82) is 0 Å². The fourth-order valence-electron chi connectivity index (χ4n) is 3.97. The molecule has 1 saturated heterocycles. The first kappa shape index (κ1) is 17.6. The van der Waals surface area contributed by atoms with Crippen molar-refractivity contribution in [1.82, 2.24) is 4.90 Å². The Morgan fingerprint density at radius 1 is 1.22 bits per heavy atom. The van der Waals surface area contributed by atoms with E-state index in [1.165, 1.54) is 16.8 Å². The summed E-state index contributed by atoms with van der Waals surface area (Å²) in [6.45, 7) is 16.8. The smallest absolute Gasteiger partial charge is 0.0355 e. The molecule has 1 aliphatic rings. The Kier molecular flexibility index (Phi) is 5.19. The Bertz CT molecular complexity index is 606. The van der Waals surface area contributed by atoms with Gasteiger partial charge in [-0.25, -0.2) is 0 Å². The maximum Gasteiger partial charge on any atom is 0.0355 e. The maximum atomic E-state index is 4.44. The van der Waals surface area contributed by atoms with Crippen LogP contribution in [-0.2, 0) is 5.41 Å². The van der Waals surface area contributed by atoms with E-state index in [0.29, 0.717) is 0 Å². The zero-order valence-electron chi connectivity index (χ0n) is 15.4. The summed E-state index contributed by atoms with van der Waals surface area (Å²) < 4.78 is 0. The molecule has 1 heteroatoms. The predicted molar refractivity (Wildman–Crippen MR) is 102 cm³/mol.